The van der Waals surface area contributed by atoms with E-state index in [0.717, 1.165) is 5.56 Å². The van der Waals surface area contributed by atoms with Gasteiger partial charge in [0.05, 0.1) is 12.5 Å². The van der Waals surface area contributed by atoms with Crippen LogP contribution in [0.4, 0.5) is 0 Å². The van der Waals surface area contributed by atoms with Crippen molar-refractivity contribution in [3.8, 4) is 5.75 Å². The first kappa shape index (κ1) is 32.3. The number of rotatable bonds is 15. The summed E-state index contributed by atoms with van der Waals surface area (Å²) in [4.78, 5) is 63.0. The van der Waals surface area contributed by atoms with Crippen molar-refractivity contribution in [3.05, 3.63) is 102 Å². The molecular formula is C31H34N4O8. The van der Waals surface area contributed by atoms with Crippen molar-refractivity contribution in [1.82, 2.24) is 16.0 Å². The van der Waals surface area contributed by atoms with Gasteiger partial charge in [-0.15, -0.1) is 0 Å². The third-order valence-electron chi connectivity index (χ3n) is 6.55. The van der Waals surface area contributed by atoms with Crippen molar-refractivity contribution in [3.63, 3.8) is 0 Å². The van der Waals surface area contributed by atoms with Gasteiger partial charge in [0, 0.05) is 12.8 Å². The van der Waals surface area contributed by atoms with Crippen molar-refractivity contribution in [1.29, 1.82) is 0 Å². The molecule has 4 atom stereocenters. The normalized spacial score (nSPS) is 13.5. The molecule has 43 heavy (non-hydrogen) atoms. The summed E-state index contributed by atoms with van der Waals surface area (Å²) < 4.78 is 0. The van der Waals surface area contributed by atoms with Gasteiger partial charge in [0.15, 0.2) is 0 Å². The molecule has 0 fully saturated rings. The first-order chi connectivity index (χ1) is 20.5. The number of aliphatic carboxylic acids is 2. The van der Waals surface area contributed by atoms with E-state index in [9.17, 15) is 39.3 Å². The van der Waals surface area contributed by atoms with Crippen LogP contribution >= 0.6 is 0 Å². The second-order valence-corrected chi connectivity index (χ2v) is 9.98. The number of aromatic hydroxyl groups is 1. The molecule has 0 aliphatic carbocycles. The lowest BCUT2D eigenvalue weighted by Gasteiger charge is -2.25. The summed E-state index contributed by atoms with van der Waals surface area (Å²) in [7, 11) is 0. The number of nitrogens with one attached hydrogen (secondary N) is 3. The minimum Gasteiger partial charge on any atom is -0.508 e. The molecule has 0 heterocycles. The zero-order valence-corrected chi connectivity index (χ0v) is 23.2. The van der Waals surface area contributed by atoms with Crippen LogP contribution in [0.15, 0.2) is 84.9 Å². The molecule has 0 aliphatic heterocycles. The number of benzene rings is 3. The fraction of sp³-hybridized carbons (Fsp3) is 0.258. The third-order valence-corrected chi connectivity index (χ3v) is 6.55. The van der Waals surface area contributed by atoms with E-state index < -0.39 is 60.2 Å². The molecule has 8 N–H and O–H groups in total. The summed E-state index contributed by atoms with van der Waals surface area (Å²) in [5.41, 5.74) is 8.09. The van der Waals surface area contributed by atoms with E-state index in [0.29, 0.717) is 11.1 Å². The number of hydrogen-bond donors (Lipinski definition) is 7. The molecule has 226 valence electrons. The molecule has 0 aliphatic rings. The monoisotopic (exact) mass is 590 g/mol. The average Bonchev–Trinajstić information content (AvgIpc) is 2.97. The lowest BCUT2D eigenvalue weighted by molar-refractivity contribution is -0.143. The number of phenols is 1. The first-order valence-electron chi connectivity index (χ1n) is 13.5. The Hall–Kier alpha value is -5.23. The second kappa shape index (κ2) is 15.7. The van der Waals surface area contributed by atoms with Crippen LogP contribution in [0.2, 0.25) is 0 Å². The van der Waals surface area contributed by atoms with Crippen LogP contribution in [0.5, 0.6) is 5.75 Å². The van der Waals surface area contributed by atoms with Crippen LogP contribution in [0.3, 0.4) is 0 Å². The van der Waals surface area contributed by atoms with Crippen LogP contribution in [0, 0.1) is 0 Å². The minimum absolute atomic E-state index is 0.0104. The van der Waals surface area contributed by atoms with Gasteiger partial charge in [-0.2, -0.15) is 0 Å². The van der Waals surface area contributed by atoms with Crippen molar-refractivity contribution in [2.45, 2.75) is 49.9 Å². The van der Waals surface area contributed by atoms with Crippen LogP contribution in [-0.4, -0.2) is 69.1 Å². The van der Waals surface area contributed by atoms with Gasteiger partial charge in [-0.25, -0.2) is 4.79 Å². The number of hydrogen-bond acceptors (Lipinski definition) is 7. The molecule has 0 spiro atoms. The van der Waals surface area contributed by atoms with Crippen LogP contribution in [0.1, 0.15) is 23.1 Å². The van der Waals surface area contributed by atoms with Crippen LogP contribution in [-0.2, 0) is 43.2 Å². The molecular weight excluding hydrogens is 556 g/mol. The van der Waals surface area contributed by atoms with E-state index in [1.807, 2.05) is 18.2 Å². The molecule has 4 unspecified atom stereocenters. The van der Waals surface area contributed by atoms with Gasteiger partial charge in [0.1, 0.15) is 23.9 Å². The fourth-order valence-electron chi connectivity index (χ4n) is 4.29. The number of carbonyl (C=O) groups is 5. The Kier molecular flexibility index (Phi) is 11.8. The number of amides is 3. The summed E-state index contributed by atoms with van der Waals surface area (Å²) in [6.07, 6.45) is -0.797. The van der Waals surface area contributed by atoms with Crippen LogP contribution in [0.25, 0.3) is 0 Å². The van der Waals surface area contributed by atoms with Gasteiger partial charge in [-0.3, -0.25) is 19.2 Å². The van der Waals surface area contributed by atoms with Gasteiger partial charge in [-0.05, 0) is 35.2 Å². The Morgan fingerprint density at radius 3 is 1.56 bits per heavy atom. The smallest absolute Gasteiger partial charge is 0.326 e. The highest BCUT2D eigenvalue weighted by molar-refractivity contribution is 5.95. The third kappa shape index (κ3) is 10.6. The lowest BCUT2D eigenvalue weighted by Crippen LogP contribution is -2.58. The Balaban J connectivity index is 1.76. The highest BCUT2D eigenvalue weighted by Crippen LogP contribution is 2.12. The lowest BCUT2D eigenvalue weighted by atomic mass is 10.0. The Morgan fingerprint density at radius 2 is 1.02 bits per heavy atom. The maximum atomic E-state index is 13.4. The summed E-state index contributed by atoms with van der Waals surface area (Å²) in [5, 5.41) is 35.8. The molecule has 3 aromatic carbocycles. The number of carboxylic acids is 2. The maximum Gasteiger partial charge on any atom is 0.326 e. The second-order valence-electron chi connectivity index (χ2n) is 9.98. The molecule has 0 saturated carbocycles. The fourth-order valence-corrected chi connectivity index (χ4v) is 4.29. The topological polar surface area (TPSA) is 208 Å². The zero-order chi connectivity index (χ0) is 31.4. The van der Waals surface area contributed by atoms with E-state index in [4.69, 9.17) is 5.73 Å². The summed E-state index contributed by atoms with van der Waals surface area (Å²) in [5.74, 6) is -5.34. The van der Waals surface area contributed by atoms with E-state index in [2.05, 4.69) is 16.0 Å². The number of carbonyl (C=O) groups excluding carboxylic acids is 3. The SMILES string of the molecule is NC(Cc1ccccc1)C(=O)NC(Cc1ccccc1)C(=O)NC(CC(=O)O)C(=O)NC(Cc1ccc(O)cc1)C(=O)O. The molecule has 12 heteroatoms. The quantitative estimate of drug-likeness (QED) is 0.133. The summed E-state index contributed by atoms with van der Waals surface area (Å²) in [6.45, 7) is 0. The molecule has 3 aromatic rings. The molecule has 12 nitrogen and oxygen atoms in total. The first-order valence-corrected chi connectivity index (χ1v) is 13.5. The maximum absolute atomic E-state index is 13.4. The summed E-state index contributed by atoms with van der Waals surface area (Å²) >= 11 is 0. The molecule has 0 aromatic heterocycles. The average molecular weight is 591 g/mol. The zero-order valence-electron chi connectivity index (χ0n) is 23.2. The van der Waals surface area contributed by atoms with E-state index in [-0.39, 0.29) is 25.0 Å². The Labute approximate surface area is 247 Å². The van der Waals surface area contributed by atoms with Crippen molar-refractivity contribution in [2.24, 2.45) is 5.73 Å². The number of carboxylic acid groups (broad SMARTS) is 2. The van der Waals surface area contributed by atoms with Gasteiger partial charge < -0.3 is 37.0 Å². The summed E-state index contributed by atoms with van der Waals surface area (Å²) in [6, 6.07) is 18.1. The molecule has 0 bridgehead atoms. The van der Waals surface area contributed by atoms with Gasteiger partial charge in [0.2, 0.25) is 17.7 Å². The van der Waals surface area contributed by atoms with E-state index in [1.165, 1.54) is 24.3 Å². The van der Waals surface area contributed by atoms with Crippen LogP contribution < -0.4 is 21.7 Å². The van der Waals surface area contributed by atoms with Crippen molar-refractivity contribution in [2.75, 3.05) is 0 Å². The standard InChI is InChI=1S/C31H34N4O8/c32-23(15-19-7-3-1-4-8-19)28(39)33-24(16-20-9-5-2-6-10-20)29(40)34-25(18-27(37)38)30(41)35-26(31(42)43)17-21-11-13-22(36)14-12-21/h1-14,23-26,36H,15-18,32H2,(H,33,39)(H,34,40)(H,35,41)(H,37,38)(H,42,43). The predicted octanol–water partition coefficient (Wildman–Crippen LogP) is 0.761. The number of phenolic OH excluding ortho intramolecular Hbond substituents is 1. The van der Waals surface area contributed by atoms with E-state index in [1.54, 1.807) is 42.5 Å². The minimum atomic E-state index is -1.65. The van der Waals surface area contributed by atoms with Gasteiger partial charge in [-0.1, -0.05) is 72.8 Å². The van der Waals surface area contributed by atoms with Gasteiger partial charge >= 0.3 is 11.9 Å². The van der Waals surface area contributed by atoms with E-state index >= 15 is 0 Å². The molecule has 3 rings (SSSR count). The van der Waals surface area contributed by atoms with Crippen molar-refractivity contribution < 1.29 is 39.3 Å². The highest BCUT2D eigenvalue weighted by Gasteiger charge is 2.32. The largest absolute Gasteiger partial charge is 0.508 e. The van der Waals surface area contributed by atoms with Gasteiger partial charge in [0.25, 0.3) is 0 Å². The molecule has 3 amide bonds. The Morgan fingerprint density at radius 1 is 0.581 bits per heavy atom. The highest BCUT2D eigenvalue weighted by atomic mass is 16.4. The molecule has 0 radical (unpaired) electrons. The number of nitrogens with two attached hydrogens (primary N) is 1. The molecule has 0 saturated heterocycles. The van der Waals surface area contributed by atoms with Crippen molar-refractivity contribution >= 4 is 29.7 Å². The Bertz CT molecular complexity index is 1400. The predicted molar refractivity (Wildman–Crippen MR) is 156 cm³/mol.